The molecule has 2 aromatic heterocycles. The largest absolute Gasteiger partial charge is 0.463 e. The van der Waals surface area contributed by atoms with Crippen LogP contribution in [0.3, 0.4) is 0 Å². The number of carbonyl (C=O) groups is 1. The van der Waals surface area contributed by atoms with E-state index in [0.29, 0.717) is 12.4 Å². The second-order valence-electron chi connectivity index (χ2n) is 3.54. The first-order valence-electron chi connectivity index (χ1n) is 5.26. The highest BCUT2D eigenvalue weighted by atomic mass is 16.5. The summed E-state index contributed by atoms with van der Waals surface area (Å²) in [5.74, 6) is 0.700. The van der Waals surface area contributed by atoms with E-state index in [1.165, 1.54) is 13.3 Å². The Morgan fingerprint density at radius 2 is 2.39 bits per heavy atom. The van der Waals surface area contributed by atoms with Crippen LogP contribution in [0.2, 0.25) is 0 Å². The molecule has 0 bridgehead atoms. The molecule has 94 valence electrons. The fraction of sp³-hybridized carbons (Fsp3) is 0.273. The second kappa shape index (κ2) is 5.26. The molecule has 0 aromatic carbocycles. The predicted molar refractivity (Wildman–Crippen MR) is 61.9 cm³/mol. The smallest absolute Gasteiger partial charge is 0.376 e. The number of methoxy groups -OCH3 is 1. The summed E-state index contributed by atoms with van der Waals surface area (Å²) in [5, 5.41) is 6.84. The van der Waals surface area contributed by atoms with Crippen LogP contribution in [-0.4, -0.2) is 28.2 Å². The van der Waals surface area contributed by atoms with Gasteiger partial charge >= 0.3 is 5.97 Å². The molecule has 7 heteroatoms. The molecule has 0 unspecified atom stereocenters. The quantitative estimate of drug-likeness (QED) is 0.812. The van der Waals surface area contributed by atoms with Gasteiger partial charge < -0.3 is 14.6 Å². The van der Waals surface area contributed by atoms with Crippen molar-refractivity contribution in [2.24, 2.45) is 0 Å². The number of ether oxygens (including phenoxy) is 1. The van der Waals surface area contributed by atoms with Crippen molar-refractivity contribution in [3.63, 3.8) is 0 Å². The highest BCUT2D eigenvalue weighted by Gasteiger charge is 2.09. The zero-order valence-corrected chi connectivity index (χ0v) is 10.0. The van der Waals surface area contributed by atoms with Crippen LogP contribution in [0.4, 0.5) is 5.82 Å². The van der Waals surface area contributed by atoms with Crippen molar-refractivity contribution in [3.05, 3.63) is 35.6 Å². The van der Waals surface area contributed by atoms with Gasteiger partial charge in [0.2, 0.25) is 5.82 Å². The van der Waals surface area contributed by atoms with E-state index in [4.69, 9.17) is 4.52 Å². The van der Waals surface area contributed by atoms with Gasteiger partial charge in [-0.1, -0.05) is 5.16 Å². The summed E-state index contributed by atoms with van der Waals surface area (Å²) < 4.78 is 9.47. The van der Waals surface area contributed by atoms with Crippen molar-refractivity contribution in [2.75, 3.05) is 12.4 Å². The molecule has 0 saturated heterocycles. The molecule has 2 heterocycles. The molecule has 0 aliphatic rings. The number of nitrogens with zero attached hydrogens (tertiary/aromatic N) is 3. The van der Waals surface area contributed by atoms with E-state index < -0.39 is 5.97 Å². The molecule has 0 fully saturated rings. The van der Waals surface area contributed by atoms with Gasteiger partial charge in [-0.25, -0.2) is 14.8 Å². The molecular formula is C11H12N4O3. The zero-order valence-electron chi connectivity index (χ0n) is 10.0. The number of esters is 1. The summed E-state index contributed by atoms with van der Waals surface area (Å²) in [6.07, 6.45) is 1.48. The number of hydrogen-bond donors (Lipinski definition) is 1. The molecule has 0 radical (unpaired) electrons. The van der Waals surface area contributed by atoms with Gasteiger partial charge in [-0.15, -0.1) is 0 Å². The Morgan fingerprint density at radius 1 is 1.56 bits per heavy atom. The van der Waals surface area contributed by atoms with Crippen molar-refractivity contribution < 1.29 is 14.1 Å². The Labute approximate surface area is 103 Å². The Kier molecular flexibility index (Phi) is 3.52. The minimum absolute atomic E-state index is 0.0128. The first-order chi connectivity index (χ1) is 8.69. The molecule has 0 aliphatic carbocycles. The van der Waals surface area contributed by atoms with Crippen LogP contribution in [0.1, 0.15) is 22.1 Å². The highest BCUT2D eigenvalue weighted by Crippen LogP contribution is 2.07. The zero-order chi connectivity index (χ0) is 13.0. The van der Waals surface area contributed by atoms with E-state index in [2.05, 4.69) is 25.2 Å². The first-order valence-corrected chi connectivity index (χ1v) is 5.26. The molecular weight excluding hydrogens is 236 g/mol. The minimum atomic E-state index is -0.573. The third-order valence-electron chi connectivity index (χ3n) is 2.15. The third kappa shape index (κ3) is 2.82. The van der Waals surface area contributed by atoms with Crippen LogP contribution < -0.4 is 5.32 Å². The van der Waals surface area contributed by atoms with Crippen molar-refractivity contribution in [1.82, 2.24) is 15.1 Å². The van der Waals surface area contributed by atoms with Gasteiger partial charge in [0.1, 0.15) is 17.3 Å². The topological polar surface area (TPSA) is 90.1 Å². The summed E-state index contributed by atoms with van der Waals surface area (Å²) in [7, 11) is 1.28. The van der Waals surface area contributed by atoms with Gasteiger partial charge in [-0.2, -0.15) is 0 Å². The maximum atomic E-state index is 11.2. The van der Waals surface area contributed by atoms with Gasteiger partial charge in [0.15, 0.2) is 0 Å². The Balaban J connectivity index is 2.03. The molecule has 0 saturated carbocycles. The Hall–Kier alpha value is -2.44. The van der Waals surface area contributed by atoms with Gasteiger partial charge in [0.25, 0.3) is 0 Å². The van der Waals surface area contributed by atoms with Gasteiger partial charge in [0.05, 0.1) is 13.7 Å². The minimum Gasteiger partial charge on any atom is -0.463 e. The van der Waals surface area contributed by atoms with E-state index in [1.54, 1.807) is 6.07 Å². The number of nitrogens with one attached hydrogen (secondary N) is 1. The summed E-state index contributed by atoms with van der Waals surface area (Å²) in [5.41, 5.74) is 0.755. The van der Waals surface area contributed by atoms with E-state index in [9.17, 15) is 4.79 Å². The number of rotatable bonds is 4. The molecule has 0 amide bonds. The predicted octanol–water partition coefficient (Wildman–Crippen LogP) is 1.17. The number of aryl methyl sites for hydroxylation is 1. The molecule has 1 N–H and O–H groups in total. The van der Waals surface area contributed by atoms with Gasteiger partial charge in [-0.05, 0) is 13.0 Å². The fourth-order valence-corrected chi connectivity index (χ4v) is 1.33. The monoisotopic (exact) mass is 248 g/mol. The highest BCUT2D eigenvalue weighted by molar-refractivity contribution is 5.85. The van der Waals surface area contributed by atoms with Crippen LogP contribution in [0.15, 0.2) is 22.9 Å². The summed E-state index contributed by atoms with van der Waals surface area (Å²) in [6.45, 7) is 2.27. The Bertz CT molecular complexity index is 553. The number of hydrogen-bond acceptors (Lipinski definition) is 7. The van der Waals surface area contributed by atoms with Crippen molar-refractivity contribution in [2.45, 2.75) is 13.5 Å². The van der Waals surface area contributed by atoms with Gasteiger partial charge in [0, 0.05) is 12.3 Å². The van der Waals surface area contributed by atoms with Crippen LogP contribution in [0.5, 0.6) is 0 Å². The number of carbonyl (C=O) groups excluding carboxylic acids is 1. The average Bonchev–Trinajstić information content (AvgIpc) is 2.81. The van der Waals surface area contributed by atoms with Crippen molar-refractivity contribution in [3.8, 4) is 0 Å². The van der Waals surface area contributed by atoms with Crippen LogP contribution in [0.25, 0.3) is 0 Å². The maximum Gasteiger partial charge on any atom is 0.376 e. The number of aromatic nitrogens is 3. The van der Waals surface area contributed by atoms with E-state index in [-0.39, 0.29) is 5.82 Å². The fourth-order valence-electron chi connectivity index (χ4n) is 1.33. The maximum absolute atomic E-state index is 11.2. The first kappa shape index (κ1) is 12.0. The number of anilines is 1. The van der Waals surface area contributed by atoms with Crippen molar-refractivity contribution in [1.29, 1.82) is 0 Å². The van der Waals surface area contributed by atoms with Crippen LogP contribution in [0, 0.1) is 6.92 Å². The van der Waals surface area contributed by atoms with E-state index >= 15 is 0 Å². The van der Waals surface area contributed by atoms with Crippen LogP contribution >= 0.6 is 0 Å². The molecule has 2 rings (SSSR count). The SMILES string of the molecule is COC(=O)c1nccc(NCc2cc(C)on2)n1. The molecule has 7 nitrogen and oxygen atoms in total. The van der Waals surface area contributed by atoms with Crippen LogP contribution in [-0.2, 0) is 11.3 Å². The lowest BCUT2D eigenvalue weighted by Gasteiger charge is -2.03. The normalized spacial score (nSPS) is 10.1. The Morgan fingerprint density at radius 3 is 3.06 bits per heavy atom. The third-order valence-corrected chi connectivity index (χ3v) is 2.15. The lowest BCUT2D eigenvalue weighted by molar-refractivity contribution is 0.0587. The molecule has 0 atom stereocenters. The molecule has 0 aliphatic heterocycles. The summed E-state index contributed by atoms with van der Waals surface area (Å²) in [6, 6.07) is 3.47. The summed E-state index contributed by atoms with van der Waals surface area (Å²) in [4.78, 5) is 19.1. The molecule has 18 heavy (non-hydrogen) atoms. The second-order valence-corrected chi connectivity index (χ2v) is 3.54. The lowest BCUT2D eigenvalue weighted by atomic mass is 10.4. The van der Waals surface area contributed by atoms with E-state index in [1.807, 2.05) is 13.0 Å². The standard InChI is InChI=1S/C11H12N4O3/c1-7-5-8(15-18-7)6-13-9-3-4-12-10(14-9)11(16)17-2/h3-5H,6H2,1-2H3,(H,12,13,14). The molecule has 2 aromatic rings. The van der Waals surface area contributed by atoms with Crippen molar-refractivity contribution >= 4 is 11.8 Å². The van der Waals surface area contributed by atoms with E-state index in [0.717, 1.165) is 11.5 Å². The average molecular weight is 248 g/mol. The van der Waals surface area contributed by atoms with Gasteiger partial charge in [-0.3, -0.25) is 0 Å². The summed E-state index contributed by atoms with van der Waals surface area (Å²) >= 11 is 0. The lowest BCUT2D eigenvalue weighted by Crippen LogP contribution is -2.09. The molecule has 0 spiro atoms.